The molecule has 176 valence electrons. The van der Waals surface area contributed by atoms with Gasteiger partial charge in [0, 0.05) is 30.7 Å². The number of ether oxygens (including phenoxy) is 1. The number of aliphatic hydroxyl groups excluding tert-OH is 1. The van der Waals surface area contributed by atoms with Gasteiger partial charge in [-0.05, 0) is 79.7 Å². The van der Waals surface area contributed by atoms with Crippen LogP contribution in [0.3, 0.4) is 0 Å². The van der Waals surface area contributed by atoms with E-state index in [0.717, 1.165) is 50.5 Å². The van der Waals surface area contributed by atoms with E-state index in [1.54, 1.807) is 6.07 Å². The molecule has 1 aromatic heterocycles. The third-order valence-corrected chi connectivity index (χ3v) is 10.2. The Balaban J connectivity index is 1.55. The molecular weight excluding hydrogens is 408 g/mol. The predicted molar refractivity (Wildman–Crippen MR) is 118 cm³/mol. The summed E-state index contributed by atoms with van der Waals surface area (Å²) < 4.78 is 11.0. The van der Waals surface area contributed by atoms with Gasteiger partial charge in [0.25, 0.3) is 0 Å². The summed E-state index contributed by atoms with van der Waals surface area (Å²) in [6, 6.07) is 3.17. The van der Waals surface area contributed by atoms with Crippen LogP contribution in [0.1, 0.15) is 83.6 Å². The maximum Gasteiger partial charge on any atom is 0.335 e. The lowest BCUT2D eigenvalue weighted by Crippen LogP contribution is -2.62. The Hall–Kier alpha value is -1.66. The van der Waals surface area contributed by atoms with Crippen LogP contribution >= 0.6 is 0 Å². The van der Waals surface area contributed by atoms with Crippen LogP contribution in [0.25, 0.3) is 0 Å². The lowest BCUT2D eigenvalue weighted by molar-refractivity contribution is -0.205. The van der Waals surface area contributed by atoms with Gasteiger partial charge in [0.1, 0.15) is 6.10 Å². The monoisotopic (exact) mass is 444 g/mol. The van der Waals surface area contributed by atoms with Gasteiger partial charge in [0.15, 0.2) is 0 Å². The van der Waals surface area contributed by atoms with Crippen LogP contribution in [0, 0.1) is 28.6 Å². The van der Waals surface area contributed by atoms with Crippen LogP contribution in [0.5, 0.6) is 0 Å². The predicted octanol–water partition coefficient (Wildman–Crippen LogP) is 3.78. The van der Waals surface area contributed by atoms with E-state index in [4.69, 9.17) is 9.15 Å². The lowest BCUT2D eigenvalue weighted by atomic mass is 9.43. The highest BCUT2D eigenvalue weighted by Gasteiger charge is 2.70. The van der Waals surface area contributed by atoms with Crippen molar-refractivity contribution in [1.82, 2.24) is 0 Å². The number of esters is 1. The largest absolute Gasteiger partial charge is 0.462 e. The number of aliphatic hydroxyl groups is 2. The first-order chi connectivity index (χ1) is 15.1. The topological polar surface area (TPSA) is 97.0 Å². The molecular formula is C26H36O6. The third kappa shape index (κ3) is 3.05. The normalized spacial score (nSPS) is 47.8. The molecule has 1 aromatic rings. The minimum absolute atomic E-state index is 0.133. The summed E-state index contributed by atoms with van der Waals surface area (Å²) in [5, 5.41) is 22.7. The highest BCUT2D eigenvalue weighted by Crippen LogP contribution is 2.70. The summed E-state index contributed by atoms with van der Waals surface area (Å²) in [7, 11) is 0. The lowest BCUT2D eigenvalue weighted by Gasteiger charge is -2.63. The third-order valence-electron chi connectivity index (χ3n) is 10.2. The number of carbonyl (C=O) groups excluding carboxylic acids is 1. The van der Waals surface area contributed by atoms with E-state index in [0.29, 0.717) is 18.3 Å². The molecule has 4 aliphatic rings. The van der Waals surface area contributed by atoms with Gasteiger partial charge in [0.05, 0.1) is 18.0 Å². The van der Waals surface area contributed by atoms with Gasteiger partial charge in [-0.1, -0.05) is 13.8 Å². The molecule has 6 nitrogen and oxygen atoms in total. The van der Waals surface area contributed by atoms with E-state index in [9.17, 15) is 19.8 Å². The molecule has 9 atom stereocenters. The first-order valence-electron chi connectivity index (χ1n) is 12.2. The van der Waals surface area contributed by atoms with Crippen molar-refractivity contribution in [2.45, 2.75) is 95.9 Å². The molecule has 0 spiro atoms. The van der Waals surface area contributed by atoms with Gasteiger partial charge in [-0.25, -0.2) is 4.79 Å². The quantitative estimate of drug-likeness (QED) is 0.674. The summed E-state index contributed by atoms with van der Waals surface area (Å²) in [5.41, 5.74) is -0.903. The minimum Gasteiger partial charge on any atom is -0.462 e. The summed E-state index contributed by atoms with van der Waals surface area (Å²) in [6.45, 7) is 5.94. The number of hydrogen-bond acceptors (Lipinski definition) is 6. The van der Waals surface area contributed by atoms with Gasteiger partial charge in [-0.15, -0.1) is 0 Å². The summed E-state index contributed by atoms with van der Waals surface area (Å²) in [6.07, 6.45) is 7.78. The van der Waals surface area contributed by atoms with Gasteiger partial charge >= 0.3 is 11.6 Å². The highest BCUT2D eigenvalue weighted by molar-refractivity contribution is 5.66. The Morgan fingerprint density at radius 2 is 1.91 bits per heavy atom. The van der Waals surface area contributed by atoms with Crippen LogP contribution in [0.4, 0.5) is 0 Å². The second-order valence-electron chi connectivity index (χ2n) is 11.5. The zero-order valence-electron chi connectivity index (χ0n) is 19.4. The Kier molecular flexibility index (Phi) is 5.14. The molecule has 0 aromatic carbocycles. The number of fused-ring (bicyclic) bond motifs is 5. The van der Waals surface area contributed by atoms with Crippen molar-refractivity contribution in [1.29, 1.82) is 0 Å². The SMILES string of the molecule is CC(=O)O[C@H]1C[C@]2(O)[C@@H]3CC[C@@H]4C[C@@H](O)CC[C@]4(C)[C@@H]3CC[C@]2(C)[C@H]1c1ccc(=O)oc1. The van der Waals surface area contributed by atoms with Gasteiger partial charge < -0.3 is 19.4 Å². The average molecular weight is 445 g/mol. The van der Waals surface area contributed by atoms with Gasteiger partial charge in [-0.2, -0.15) is 0 Å². The van der Waals surface area contributed by atoms with Crippen LogP contribution < -0.4 is 5.63 Å². The van der Waals surface area contributed by atoms with Crippen molar-refractivity contribution in [2.24, 2.45) is 28.6 Å². The maximum atomic E-state index is 12.5. The van der Waals surface area contributed by atoms with Crippen molar-refractivity contribution in [3.05, 3.63) is 34.4 Å². The number of carbonyl (C=O) groups is 1. The van der Waals surface area contributed by atoms with E-state index in [2.05, 4.69) is 13.8 Å². The zero-order valence-corrected chi connectivity index (χ0v) is 19.4. The van der Waals surface area contributed by atoms with Crippen molar-refractivity contribution in [3.8, 4) is 0 Å². The standard InChI is InChI=1S/C26H36O6/c1-15(27)32-21-13-26(30)20-6-5-17-12-18(28)8-10-24(17,2)19(20)9-11-25(26,3)23(21)16-4-7-22(29)31-14-16/h4,7,14,17-21,23,28,30H,5-6,8-13H2,1-3H3/t17-,18+,19-,20-,21+,23+,24+,25-,26+/m1/s1. The fraction of sp³-hybridized carbons (Fsp3) is 0.769. The van der Waals surface area contributed by atoms with Crippen molar-refractivity contribution in [2.75, 3.05) is 0 Å². The molecule has 4 aliphatic carbocycles. The molecule has 6 heteroatoms. The van der Waals surface area contributed by atoms with Crippen LogP contribution in [0.2, 0.25) is 0 Å². The second-order valence-corrected chi connectivity index (χ2v) is 11.5. The summed E-state index contributed by atoms with van der Waals surface area (Å²) >= 11 is 0. The van der Waals surface area contributed by atoms with E-state index in [1.165, 1.54) is 19.3 Å². The fourth-order valence-electron chi connectivity index (χ4n) is 8.67. The molecule has 1 heterocycles. The maximum absolute atomic E-state index is 12.5. The first kappa shape index (κ1) is 22.1. The fourth-order valence-corrected chi connectivity index (χ4v) is 8.67. The second kappa shape index (κ2) is 7.42. The van der Waals surface area contributed by atoms with E-state index < -0.39 is 22.7 Å². The smallest absolute Gasteiger partial charge is 0.335 e. The Morgan fingerprint density at radius 1 is 1.12 bits per heavy atom. The van der Waals surface area contributed by atoms with E-state index in [-0.39, 0.29) is 29.3 Å². The molecule has 0 bridgehead atoms. The minimum atomic E-state index is -0.957. The van der Waals surface area contributed by atoms with Crippen molar-refractivity contribution in [3.63, 3.8) is 0 Å². The van der Waals surface area contributed by atoms with E-state index in [1.807, 2.05) is 0 Å². The molecule has 2 N–H and O–H groups in total. The van der Waals surface area contributed by atoms with Crippen molar-refractivity contribution < 1.29 is 24.2 Å². The van der Waals surface area contributed by atoms with Gasteiger partial charge in [-0.3, -0.25) is 4.79 Å². The Bertz CT molecular complexity index is 935. The molecule has 0 unspecified atom stereocenters. The molecule has 4 saturated carbocycles. The molecule has 0 aliphatic heterocycles. The summed E-state index contributed by atoms with van der Waals surface area (Å²) in [4.78, 5) is 23.6. The Labute approximate surface area is 189 Å². The number of hydrogen-bond donors (Lipinski definition) is 2. The van der Waals surface area contributed by atoms with Crippen LogP contribution in [-0.2, 0) is 9.53 Å². The molecule has 32 heavy (non-hydrogen) atoms. The number of rotatable bonds is 2. The van der Waals surface area contributed by atoms with Gasteiger partial charge in [0.2, 0.25) is 0 Å². The molecule has 0 amide bonds. The first-order valence-corrected chi connectivity index (χ1v) is 12.2. The van der Waals surface area contributed by atoms with Crippen molar-refractivity contribution >= 4 is 5.97 Å². The molecule has 4 fully saturated rings. The van der Waals surface area contributed by atoms with Crippen LogP contribution in [0.15, 0.2) is 27.6 Å². The highest BCUT2D eigenvalue weighted by atomic mass is 16.5. The summed E-state index contributed by atoms with van der Waals surface area (Å²) in [5.74, 6) is 0.469. The zero-order chi connectivity index (χ0) is 22.9. The molecule has 0 saturated heterocycles. The molecule has 5 rings (SSSR count). The molecule has 0 radical (unpaired) electrons. The van der Waals surface area contributed by atoms with Crippen LogP contribution in [-0.4, -0.2) is 34.0 Å². The van der Waals surface area contributed by atoms with E-state index >= 15 is 0 Å². The Morgan fingerprint density at radius 3 is 2.59 bits per heavy atom. The average Bonchev–Trinajstić information content (AvgIpc) is 2.95.